The molecule has 2 unspecified atom stereocenters. The van der Waals surface area contributed by atoms with Gasteiger partial charge in [-0.05, 0) is 56.1 Å². The van der Waals surface area contributed by atoms with Crippen molar-refractivity contribution in [1.82, 2.24) is 9.80 Å². The first-order chi connectivity index (χ1) is 12.8. The molecule has 0 bridgehead atoms. The second-order valence-electron chi connectivity index (χ2n) is 7.03. The van der Waals surface area contributed by atoms with Crippen LogP contribution in [0.3, 0.4) is 0 Å². The first-order valence-corrected chi connectivity index (χ1v) is 12.0. The molecule has 2 amide bonds. The van der Waals surface area contributed by atoms with Gasteiger partial charge >= 0.3 is 0 Å². The summed E-state index contributed by atoms with van der Waals surface area (Å²) in [4.78, 5) is 30.8. The van der Waals surface area contributed by atoms with Crippen molar-refractivity contribution < 1.29 is 9.59 Å². The van der Waals surface area contributed by atoms with Crippen LogP contribution in [-0.4, -0.2) is 55.7 Å². The average molecular weight is 441 g/mol. The molecule has 0 N–H and O–H groups in total. The predicted molar refractivity (Wildman–Crippen MR) is 122 cm³/mol. The maximum absolute atomic E-state index is 11.7. The SMILES string of the molecule is CC(C)N1C(=S)C=C2SCCC2C1=S.CCN1C(=O)C=C2SCCC2C1=O. The van der Waals surface area contributed by atoms with Crippen molar-refractivity contribution in [2.45, 2.75) is 39.7 Å². The van der Waals surface area contributed by atoms with Gasteiger partial charge in [0, 0.05) is 29.5 Å². The molecule has 2 fully saturated rings. The largest absolute Gasteiger partial charge is 0.324 e. The lowest BCUT2D eigenvalue weighted by Gasteiger charge is -2.35. The Morgan fingerprint density at radius 3 is 2.26 bits per heavy atom. The lowest BCUT2D eigenvalue weighted by Crippen LogP contribution is -2.45. The van der Waals surface area contributed by atoms with Crippen LogP contribution >= 0.6 is 48.0 Å². The lowest BCUT2D eigenvalue weighted by atomic mass is 10.0. The Bertz CT molecular complexity index is 744. The van der Waals surface area contributed by atoms with E-state index in [9.17, 15) is 9.59 Å². The van der Waals surface area contributed by atoms with Crippen LogP contribution in [0.1, 0.15) is 33.6 Å². The van der Waals surface area contributed by atoms with E-state index >= 15 is 0 Å². The maximum Gasteiger partial charge on any atom is 0.253 e. The van der Waals surface area contributed by atoms with E-state index in [0.717, 1.165) is 27.1 Å². The number of imide groups is 1. The van der Waals surface area contributed by atoms with Gasteiger partial charge in [0.2, 0.25) is 5.91 Å². The molecule has 0 aromatic rings. The van der Waals surface area contributed by atoms with E-state index in [0.29, 0.717) is 18.5 Å². The predicted octanol–water partition coefficient (Wildman–Crippen LogP) is 4.01. The van der Waals surface area contributed by atoms with E-state index < -0.39 is 0 Å². The highest BCUT2D eigenvalue weighted by Gasteiger charge is 2.38. The molecule has 4 nitrogen and oxygen atoms in total. The monoisotopic (exact) mass is 440 g/mol. The van der Waals surface area contributed by atoms with Gasteiger partial charge in [-0.15, -0.1) is 23.5 Å². The van der Waals surface area contributed by atoms with Crippen LogP contribution in [0.2, 0.25) is 0 Å². The minimum Gasteiger partial charge on any atom is -0.324 e. The Labute approximate surface area is 180 Å². The molecule has 0 radical (unpaired) electrons. The molecule has 0 aromatic carbocycles. The van der Waals surface area contributed by atoms with Crippen molar-refractivity contribution in [3.63, 3.8) is 0 Å². The summed E-state index contributed by atoms with van der Waals surface area (Å²) in [5.41, 5.74) is 0. The van der Waals surface area contributed by atoms with Gasteiger partial charge in [0.1, 0.15) is 4.99 Å². The highest BCUT2D eigenvalue weighted by Crippen LogP contribution is 2.41. The third kappa shape index (κ3) is 4.18. The second-order valence-corrected chi connectivity index (χ2v) is 10.2. The first-order valence-electron chi connectivity index (χ1n) is 9.26. The third-order valence-electron chi connectivity index (χ3n) is 5.00. The number of carbonyl (C=O) groups is 2. The molecular weight excluding hydrogens is 416 g/mol. The molecule has 27 heavy (non-hydrogen) atoms. The van der Waals surface area contributed by atoms with Gasteiger partial charge in [-0.25, -0.2) is 0 Å². The Hall–Kier alpha value is -0.700. The second kappa shape index (κ2) is 8.76. The van der Waals surface area contributed by atoms with Crippen molar-refractivity contribution in [2.75, 3.05) is 18.1 Å². The van der Waals surface area contributed by atoms with Gasteiger partial charge in [-0.3, -0.25) is 14.5 Å². The van der Waals surface area contributed by atoms with E-state index in [2.05, 4.69) is 24.8 Å². The minimum absolute atomic E-state index is 0.00463. The summed E-state index contributed by atoms with van der Waals surface area (Å²) >= 11 is 14.4. The highest BCUT2D eigenvalue weighted by molar-refractivity contribution is 8.03. The fourth-order valence-corrected chi connectivity index (χ4v) is 7.24. The van der Waals surface area contributed by atoms with E-state index in [-0.39, 0.29) is 17.7 Å². The van der Waals surface area contributed by atoms with E-state index in [1.54, 1.807) is 17.8 Å². The number of likely N-dealkylation sites (N-methyl/N-ethyl adjacent to an activating group) is 1. The number of hydrogen-bond donors (Lipinski definition) is 0. The Balaban J connectivity index is 0.000000156. The molecule has 4 heterocycles. The summed E-state index contributed by atoms with van der Waals surface area (Å²) in [5.74, 6) is 2.47. The van der Waals surface area contributed by atoms with Crippen molar-refractivity contribution in [3.05, 3.63) is 22.0 Å². The van der Waals surface area contributed by atoms with Crippen LogP contribution in [0.4, 0.5) is 0 Å². The van der Waals surface area contributed by atoms with Crippen molar-refractivity contribution >= 4 is 69.8 Å². The summed E-state index contributed by atoms with van der Waals surface area (Å²) in [6.45, 7) is 6.60. The summed E-state index contributed by atoms with van der Waals surface area (Å²) in [6.07, 6.45) is 5.82. The minimum atomic E-state index is -0.145. The van der Waals surface area contributed by atoms with Crippen LogP contribution < -0.4 is 0 Å². The molecule has 4 aliphatic heterocycles. The number of rotatable bonds is 2. The topological polar surface area (TPSA) is 40.6 Å². The summed E-state index contributed by atoms with van der Waals surface area (Å²) in [5, 5.41) is 0. The number of nitrogens with zero attached hydrogens (tertiary/aromatic N) is 2. The fourth-order valence-electron chi connectivity index (χ4n) is 3.63. The standard InChI is InChI=1S/C10H13NS3.C9H11NO2S/c1-6(2)11-9(12)5-8-7(10(11)13)3-4-14-8;1-2-10-8(11)5-7-6(9(10)12)3-4-13-7/h5-7H,3-4H2,1-2H3;5-6H,2-4H2,1H3. The van der Waals surface area contributed by atoms with Crippen LogP contribution in [0, 0.1) is 11.8 Å². The van der Waals surface area contributed by atoms with Gasteiger partial charge in [0.25, 0.3) is 5.91 Å². The molecule has 0 aromatic heterocycles. The smallest absolute Gasteiger partial charge is 0.253 e. The van der Waals surface area contributed by atoms with Crippen LogP contribution in [0.15, 0.2) is 22.0 Å². The Morgan fingerprint density at radius 2 is 1.67 bits per heavy atom. The molecule has 4 aliphatic rings. The zero-order chi connectivity index (χ0) is 19.7. The molecule has 8 heteroatoms. The zero-order valence-electron chi connectivity index (χ0n) is 15.8. The maximum atomic E-state index is 11.7. The molecular formula is C19H24N2O2S4. The molecule has 2 saturated heterocycles. The van der Waals surface area contributed by atoms with Gasteiger partial charge in [0.05, 0.1) is 10.9 Å². The molecule has 146 valence electrons. The normalized spacial score (nSPS) is 27.3. The number of fused-ring (bicyclic) bond motifs is 2. The molecule has 0 aliphatic carbocycles. The number of thiocarbonyl (C=S) groups is 2. The van der Waals surface area contributed by atoms with Crippen molar-refractivity contribution in [2.24, 2.45) is 11.8 Å². The van der Waals surface area contributed by atoms with Gasteiger partial charge in [-0.1, -0.05) is 24.4 Å². The molecule has 0 saturated carbocycles. The van der Waals surface area contributed by atoms with Crippen LogP contribution in [-0.2, 0) is 9.59 Å². The third-order valence-corrected chi connectivity index (χ3v) is 8.15. The number of amides is 2. The number of carbonyl (C=O) groups excluding carboxylic acids is 2. The quantitative estimate of drug-likeness (QED) is 0.474. The summed E-state index contributed by atoms with van der Waals surface area (Å²) < 4.78 is 0. The number of hydrogen-bond acceptors (Lipinski definition) is 6. The zero-order valence-corrected chi connectivity index (χ0v) is 19.0. The summed E-state index contributed by atoms with van der Waals surface area (Å²) in [7, 11) is 0. The lowest BCUT2D eigenvalue weighted by molar-refractivity contribution is -0.144. The Kier molecular flexibility index (Phi) is 6.82. The van der Waals surface area contributed by atoms with Gasteiger partial charge < -0.3 is 4.90 Å². The average Bonchev–Trinajstić information content (AvgIpc) is 3.24. The van der Waals surface area contributed by atoms with Gasteiger partial charge in [-0.2, -0.15) is 0 Å². The van der Waals surface area contributed by atoms with Crippen molar-refractivity contribution in [1.29, 1.82) is 0 Å². The van der Waals surface area contributed by atoms with Crippen LogP contribution in [0.25, 0.3) is 0 Å². The summed E-state index contributed by atoms with van der Waals surface area (Å²) in [6, 6.07) is 0.387. The van der Waals surface area contributed by atoms with Crippen LogP contribution in [0.5, 0.6) is 0 Å². The Morgan fingerprint density at radius 1 is 1.07 bits per heavy atom. The van der Waals surface area contributed by atoms with E-state index in [1.807, 2.05) is 18.7 Å². The molecule has 0 spiro atoms. The highest BCUT2D eigenvalue weighted by atomic mass is 32.2. The van der Waals surface area contributed by atoms with Gasteiger partial charge in [0.15, 0.2) is 0 Å². The fraction of sp³-hybridized carbons (Fsp3) is 0.579. The number of thioether (sulfide) groups is 2. The molecule has 4 rings (SSSR count). The first kappa shape index (κ1) is 21.0. The van der Waals surface area contributed by atoms with Crippen molar-refractivity contribution in [3.8, 4) is 0 Å². The van der Waals surface area contributed by atoms with E-state index in [1.165, 1.54) is 22.0 Å². The molecule has 2 atom stereocenters. The van der Waals surface area contributed by atoms with E-state index in [4.69, 9.17) is 24.4 Å².